The Bertz CT molecular complexity index is 2920. The predicted molar refractivity (Wildman–Crippen MR) is 244 cm³/mol. The topological polar surface area (TPSA) is 29.5 Å². The molecule has 2 aliphatic carbocycles. The summed E-state index contributed by atoms with van der Waals surface area (Å²) < 4.78 is 12.5. The van der Waals surface area contributed by atoms with Crippen molar-refractivity contribution in [2.75, 3.05) is 4.90 Å². The molecule has 0 amide bonds. The van der Waals surface area contributed by atoms with Crippen molar-refractivity contribution in [1.29, 1.82) is 0 Å². The van der Waals surface area contributed by atoms with Crippen molar-refractivity contribution in [3.05, 3.63) is 211 Å². The molecule has 1 unspecified atom stereocenters. The third-order valence-electron chi connectivity index (χ3n) is 11.7. The molecule has 3 heteroatoms. The second-order valence-electron chi connectivity index (χ2n) is 15.2. The van der Waals surface area contributed by atoms with Gasteiger partial charge < -0.3 is 13.7 Å². The summed E-state index contributed by atoms with van der Waals surface area (Å²) >= 11 is 0. The number of aryl methyl sites for hydroxylation is 1. The van der Waals surface area contributed by atoms with Gasteiger partial charge in [0.15, 0.2) is 0 Å². The van der Waals surface area contributed by atoms with Gasteiger partial charge in [0.05, 0.1) is 12.0 Å². The molecular weight excluding hydrogens is 707 g/mol. The molecule has 0 radical (unpaired) electrons. The first-order chi connectivity index (χ1) is 28.6. The van der Waals surface area contributed by atoms with Gasteiger partial charge in [-0.3, -0.25) is 0 Å². The van der Waals surface area contributed by atoms with Crippen molar-refractivity contribution < 1.29 is 8.83 Å². The van der Waals surface area contributed by atoms with Crippen LogP contribution < -0.4 is 4.90 Å². The van der Waals surface area contributed by atoms with Crippen LogP contribution in [-0.2, 0) is 6.42 Å². The molecule has 280 valence electrons. The molecule has 2 heterocycles. The van der Waals surface area contributed by atoms with E-state index in [1.54, 1.807) is 6.26 Å². The SMILES string of the molecule is C=C/C=C(\C)c1ccc(-c2ccc(N(c3cccc(C4C=CC=CC4)c3)c3cc4c(oc5cccc(-c6ccc(-c7ccco7)cc6)c54)c4c3C=CCC4)cc2)cc1. The fourth-order valence-corrected chi connectivity index (χ4v) is 8.72. The molecule has 58 heavy (non-hydrogen) atoms. The normalized spacial score (nSPS) is 14.9. The van der Waals surface area contributed by atoms with Gasteiger partial charge in [-0.25, -0.2) is 0 Å². The zero-order chi connectivity index (χ0) is 39.0. The maximum atomic E-state index is 6.85. The molecular formula is C55H43NO2. The van der Waals surface area contributed by atoms with E-state index >= 15 is 0 Å². The first-order valence-corrected chi connectivity index (χ1v) is 20.2. The standard InChI is InChI=1S/C55H43NO2/c1-3-12-37(2)38-22-24-40(25-23-38)41-30-32-45(33-31-41)56(46-16-9-15-44(35-46)39-13-5-4-6-14-39)51-36-50-54-47(42-26-28-43(29-27-42)52-21-11-34-57-52)19-10-20-53(54)58-55(50)49-18-8-7-17-48(49)51/h3-7,9-13,15-17,19-36,39H,1,8,14,18H2,2H3/b37-12+. The molecule has 0 fully saturated rings. The molecule has 0 spiro atoms. The molecule has 1 atom stereocenters. The Labute approximate surface area is 339 Å². The zero-order valence-corrected chi connectivity index (χ0v) is 32.6. The summed E-state index contributed by atoms with van der Waals surface area (Å²) in [6, 6.07) is 48.3. The highest BCUT2D eigenvalue weighted by molar-refractivity contribution is 6.15. The Balaban J connectivity index is 1.14. The highest BCUT2D eigenvalue weighted by Gasteiger charge is 2.26. The Morgan fingerprint density at radius 2 is 1.52 bits per heavy atom. The molecule has 2 aromatic heterocycles. The van der Waals surface area contributed by atoms with Gasteiger partial charge in [0.1, 0.15) is 16.9 Å². The van der Waals surface area contributed by atoms with E-state index in [9.17, 15) is 0 Å². The monoisotopic (exact) mass is 749 g/mol. The summed E-state index contributed by atoms with van der Waals surface area (Å²) in [5.74, 6) is 1.19. The van der Waals surface area contributed by atoms with Crippen LogP contribution in [-0.4, -0.2) is 0 Å². The smallest absolute Gasteiger partial charge is 0.139 e. The van der Waals surface area contributed by atoms with Gasteiger partial charge in [-0.05, 0) is 114 Å². The van der Waals surface area contributed by atoms with Crippen LogP contribution in [0.1, 0.15) is 47.9 Å². The molecule has 0 saturated heterocycles. The van der Waals surface area contributed by atoms with E-state index in [1.807, 2.05) is 24.3 Å². The van der Waals surface area contributed by atoms with Crippen LogP contribution in [0.3, 0.4) is 0 Å². The van der Waals surface area contributed by atoms with Gasteiger partial charge in [0.25, 0.3) is 0 Å². The lowest BCUT2D eigenvalue weighted by molar-refractivity contribution is 0.582. The van der Waals surface area contributed by atoms with Crippen molar-refractivity contribution in [2.24, 2.45) is 0 Å². The van der Waals surface area contributed by atoms with Crippen LogP contribution >= 0.6 is 0 Å². The molecule has 0 bridgehead atoms. The van der Waals surface area contributed by atoms with Gasteiger partial charge in [-0.15, -0.1) is 0 Å². The van der Waals surface area contributed by atoms with Crippen LogP contribution in [0.25, 0.3) is 67.2 Å². The minimum absolute atomic E-state index is 0.331. The number of anilines is 3. The van der Waals surface area contributed by atoms with Crippen LogP contribution in [0.2, 0.25) is 0 Å². The third kappa shape index (κ3) is 6.45. The quantitative estimate of drug-likeness (QED) is 0.138. The fraction of sp³-hybridized carbons (Fsp3) is 0.0909. The van der Waals surface area contributed by atoms with E-state index in [1.165, 1.54) is 39.0 Å². The second kappa shape index (κ2) is 15.1. The fourth-order valence-electron chi connectivity index (χ4n) is 8.72. The number of allylic oxidation sites excluding steroid dienone is 8. The molecule has 10 rings (SSSR count). The second-order valence-corrected chi connectivity index (χ2v) is 15.2. The van der Waals surface area contributed by atoms with Gasteiger partial charge in [-0.2, -0.15) is 0 Å². The molecule has 0 saturated carbocycles. The lowest BCUT2D eigenvalue weighted by atomic mass is 9.90. The van der Waals surface area contributed by atoms with E-state index in [2.05, 4.69) is 176 Å². The number of furan rings is 2. The minimum atomic E-state index is 0.331. The molecule has 0 aliphatic heterocycles. The van der Waals surface area contributed by atoms with E-state index in [-0.39, 0.29) is 0 Å². The number of nitrogens with zero attached hydrogens (tertiary/aromatic N) is 1. The van der Waals surface area contributed by atoms with Crippen molar-refractivity contribution in [3.63, 3.8) is 0 Å². The van der Waals surface area contributed by atoms with Crippen molar-refractivity contribution in [2.45, 2.75) is 32.1 Å². The summed E-state index contributed by atoms with van der Waals surface area (Å²) in [6.07, 6.45) is 22.0. The summed E-state index contributed by atoms with van der Waals surface area (Å²) in [4.78, 5) is 2.45. The van der Waals surface area contributed by atoms with E-state index in [4.69, 9.17) is 8.83 Å². The average molecular weight is 750 g/mol. The lowest BCUT2D eigenvalue weighted by Crippen LogP contribution is -2.14. The van der Waals surface area contributed by atoms with Crippen molar-refractivity contribution >= 4 is 50.6 Å². The maximum Gasteiger partial charge on any atom is 0.139 e. The summed E-state index contributed by atoms with van der Waals surface area (Å²) in [7, 11) is 0. The predicted octanol–water partition coefficient (Wildman–Crippen LogP) is 15.8. The van der Waals surface area contributed by atoms with Crippen LogP contribution in [0.5, 0.6) is 0 Å². The third-order valence-corrected chi connectivity index (χ3v) is 11.7. The van der Waals surface area contributed by atoms with Crippen LogP contribution in [0, 0.1) is 0 Å². The first kappa shape index (κ1) is 35.3. The van der Waals surface area contributed by atoms with Gasteiger partial charge >= 0.3 is 0 Å². The van der Waals surface area contributed by atoms with Crippen molar-refractivity contribution in [3.8, 4) is 33.6 Å². The van der Waals surface area contributed by atoms with Gasteiger partial charge in [-0.1, -0.05) is 140 Å². The number of benzene rings is 6. The summed E-state index contributed by atoms with van der Waals surface area (Å²) in [5, 5.41) is 2.26. The van der Waals surface area contributed by atoms with E-state index < -0.39 is 0 Å². The van der Waals surface area contributed by atoms with Crippen LogP contribution in [0.15, 0.2) is 198 Å². The highest BCUT2D eigenvalue weighted by atomic mass is 16.3. The van der Waals surface area contributed by atoms with E-state index in [0.717, 1.165) is 80.7 Å². The minimum Gasteiger partial charge on any atom is -0.464 e. The number of hydrogen-bond donors (Lipinski definition) is 0. The molecule has 2 aliphatic rings. The lowest BCUT2D eigenvalue weighted by Gasteiger charge is -2.30. The molecule has 8 aromatic rings. The highest BCUT2D eigenvalue weighted by Crippen LogP contribution is 2.47. The molecule has 0 N–H and O–H groups in total. The van der Waals surface area contributed by atoms with Crippen LogP contribution in [0.4, 0.5) is 17.1 Å². The number of rotatable bonds is 9. The Morgan fingerprint density at radius 1 is 0.741 bits per heavy atom. The Morgan fingerprint density at radius 3 is 2.28 bits per heavy atom. The summed E-state index contributed by atoms with van der Waals surface area (Å²) in [5.41, 5.74) is 17.1. The molecule has 3 nitrogen and oxygen atoms in total. The Hall–Kier alpha value is -7.10. The Kier molecular flexibility index (Phi) is 9.20. The van der Waals surface area contributed by atoms with Crippen molar-refractivity contribution in [1.82, 2.24) is 0 Å². The van der Waals surface area contributed by atoms with Gasteiger partial charge in [0, 0.05) is 44.8 Å². The average Bonchev–Trinajstić information content (AvgIpc) is 3.97. The number of hydrogen-bond acceptors (Lipinski definition) is 3. The van der Waals surface area contributed by atoms with Gasteiger partial charge in [0.2, 0.25) is 0 Å². The number of fused-ring (bicyclic) bond motifs is 5. The maximum absolute atomic E-state index is 6.85. The zero-order valence-electron chi connectivity index (χ0n) is 32.6. The summed E-state index contributed by atoms with van der Waals surface area (Å²) in [6.45, 7) is 5.98. The molecule has 6 aromatic carbocycles. The largest absolute Gasteiger partial charge is 0.464 e. The van der Waals surface area contributed by atoms with E-state index in [0.29, 0.717) is 5.92 Å². The first-order valence-electron chi connectivity index (χ1n) is 20.2.